The first-order chi connectivity index (χ1) is 13.9. The topological polar surface area (TPSA) is 95.8 Å². The molecule has 0 bridgehead atoms. The lowest BCUT2D eigenvalue weighted by atomic mass is 10.1. The predicted molar refractivity (Wildman–Crippen MR) is 116 cm³/mol. The number of aromatic nitrogens is 4. The Morgan fingerprint density at radius 3 is 2.69 bits per heavy atom. The summed E-state index contributed by atoms with van der Waals surface area (Å²) in [5, 5.41) is 1.18. The van der Waals surface area contributed by atoms with Gasteiger partial charge < -0.3 is 20.4 Å². The second-order valence-electron chi connectivity index (χ2n) is 8.17. The smallest absolute Gasteiger partial charge is 0.160 e. The standard InChI is InChI=1S/C22H26N6O/c1-12-9-28(10-13(2)29-12)11-15-4-5-18-16(6-15)7-19(26-18)17-8-20(23)27-22-21(17)24-14(3)25-22/h4-8,12-13,26H,9-11H2,1-3H3,(H3,23,24,25,27)/t12-,13+. The van der Waals surface area contributed by atoms with Gasteiger partial charge in [-0.25, -0.2) is 9.97 Å². The fraction of sp³-hybridized carbons (Fsp3) is 0.364. The van der Waals surface area contributed by atoms with Crippen LogP contribution in [0.2, 0.25) is 0 Å². The zero-order chi connectivity index (χ0) is 20.1. The van der Waals surface area contributed by atoms with E-state index in [1.54, 1.807) is 0 Å². The summed E-state index contributed by atoms with van der Waals surface area (Å²) in [6.45, 7) is 9.07. The van der Waals surface area contributed by atoms with Gasteiger partial charge in [0, 0.05) is 41.8 Å². The molecular weight excluding hydrogens is 364 g/mol. The predicted octanol–water partition coefficient (Wildman–Crippen LogP) is 3.61. The third kappa shape index (κ3) is 3.47. The van der Waals surface area contributed by atoms with Gasteiger partial charge in [0.15, 0.2) is 5.65 Å². The van der Waals surface area contributed by atoms with Crippen LogP contribution in [0.15, 0.2) is 30.3 Å². The van der Waals surface area contributed by atoms with Gasteiger partial charge in [-0.1, -0.05) is 6.07 Å². The van der Waals surface area contributed by atoms with E-state index in [1.807, 2.05) is 13.0 Å². The van der Waals surface area contributed by atoms with Crippen molar-refractivity contribution in [2.45, 2.75) is 39.5 Å². The molecule has 0 saturated carbocycles. The summed E-state index contributed by atoms with van der Waals surface area (Å²) in [6.07, 6.45) is 0.552. The first kappa shape index (κ1) is 18.1. The van der Waals surface area contributed by atoms with Crippen molar-refractivity contribution in [2.24, 2.45) is 0 Å². The number of benzene rings is 1. The molecule has 1 aliphatic rings. The minimum Gasteiger partial charge on any atom is -0.384 e. The first-order valence-corrected chi connectivity index (χ1v) is 10.1. The van der Waals surface area contributed by atoms with Crippen LogP contribution in [0, 0.1) is 6.92 Å². The maximum atomic E-state index is 6.03. The number of anilines is 1. The van der Waals surface area contributed by atoms with Gasteiger partial charge in [0.1, 0.15) is 17.2 Å². The highest BCUT2D eigenvalue weighted by Gasteiger charge is 2.22. The van der Waals surface area contributed by atoms with Crippen molar-refractivity contribution in [3.8, 4) is 11.3 Å². The Balaban J connectivity index is 1.49. The molecule has 1 saturated heterocycles. The van der Waals surface area contributed by atoms with Crippen LogP contribution in [0.25, 0.3) is 33.3 Å². The van der Waals surface area contributed by atoms with E-state index in [-0.39, 0.29) is 12.2 Å². The molecule has 3 aromatic heterocycles. The van der Waals surface area contributed by atoms with Crippen molar-refractivity contribution in [1.29, 1.82) is 0 Å². The molecule has 1 aromatic carbocycles. The number of hydrogen-bond acceptors (Lipinski definition) is 5. The SMILES string of the molecule is Cc1nc2c(-c3cc4cc(CN5C[C@@H](C)O[C@@H](C)C5)ccc4[nH]3)cc(N)nc2[nH]1. The number of nitrogens with one attached hydrogen (secondary N) is 2. The van der Waals surface area contributed by atoms with E-state index >= 15 is 0 Å². The summed E-state index contributed by atoms with van der Waals surface area (Å²) >= 11 is 0. The summed E-state index contributed by atoms with van der Waals surface area (Å²) in [5.74, 6) is 1.30. The van der Waals surface area contributed by atoms with Gasteiger partial charge in [-0.05, 0) is 50.6 Å². The second-order valence-corrected chi connectivity index (χ2v) is 8.17. The molecule has 1 fully saturated rings. The van der Waals surface area contributed by atoms with Crippen LogP contribution in [0.3, 0.4) is 0 Å². The molecule has 1 aliphatic heterocycles. The molecule has 5 rings (SSSR count). The van der Waals surface area contributed by atoms with Gasteiger partial charge >= 0.3 is 0 Å². The minimum absolute atomic E-state index is 0.276. The highest BCUT2D eigenvalue weighted by Crippen LogP contribution is 2.31. The Hall–Kier alpha value is -2.90. The van der Waals surface area contributed by atoms with Crippen molar-refractivity contribution in [1.82, 2.24) is 24.8 Å². The van der Waals surface area contributed by atoms with Crippen LogP contribution in [0.1, 0.15) is 25.2 Å². The number of hydrogen-bond donors (Lipinski definition) is 3. The van der Waals surface area contributed by atoms with E-state index in [2.05, 4.69) is 62.9 Å². The van der Waals surface area contributed by atoms with E-state index in [4.69, 9.17) is 10.5 Å². The summed E-state index contributed by atoms with van der Waals surface area (Å²) in [4.78, 5) is 18.1. The second kappa shape index (κ2) is 6.86. The third-order valence-electron chi connectivity index (χ3n) is 5.47. The minimum atomic E-state index is 0.276. The Morgan fingerprint density at radius 1 is 1.10 bits per heavy atom. The number of nitrogens with zero attached hydrogens (tertiary/aromatic N) is 3. The van der Waals surface area contributed by atoms with Crippen LogP contribution in [0.4, 0.5) is 5.82 Å². The average Bonchev–Trinajstić information content (AvgIpc) is 3.22. The molecule has 4 aromatic rings. The van der Waals surface area contributed by atoms with Crippen molar-refractivity contribution < 1.29 is 4.74 Å². The highest BCUT2D eigenvalue weighted by molar-refractivity contribution is 5.95. The van der Waals surface area contributed by atoms with E-state index in [9.17, 15) is 0 Å². The molecule has 4 N–H and O–H groups in total. The quantitative estimate of drug-likeness (QED) is 0.497. The fourth-order valence-electron chi connectivity index (χ4n) is 4.43. The number of fused-ring (bicyclic) bond motifs is 2. The number of pyridine rings is 1. The molecule has 4 heterocycles. The first-order valence-electron chi connectivity index (χ1n) is 10.1. The summed E-state index contributed by atoms with van der Waals surface area (Å²) in [6, 6.07) is 10.7. The lowest BCUT2D eigenvalue weighted by Gasteiger charge is -2.35. The number of aromatic amines is 2. The van der Waals surface area contributed by atoms with E-state index < -0.39 is 0 Å². The molecule has 29 heavy (non-hydrogen) atoms. The zero-order valence-electron chi connectivity index (χ0n) is 17.0. The Morgan fingerprint density at radius 2 is 1.90 bits per heavy atom. The number of nitrogen functional groups attached to an aromatic ring is 1. The summed E-state index contributed by atoms with van der Waals surface area (Å²) in [7, 11) is 0. The largest absolute Gasteiger partial charge is 0.384 e. The molecule has 0 unspecified atom stereocenters. The van der Waals surface area contributed by atoms with Gasteiger partial charge in [-0.2, -0.15) is 0 Å². The Labute approximate surface area is 169 Å². The van der Waals surface area contributed by atoms with E-state index in [0.717, 1.165) is 47.7 Å². The van der Waals surface area contributed by atoms with Crippen LogP contribution in [-0.4, -0.2) is 50.1 Å². The van der Waals surface area contributed by atoms with Crippen LogP contribution >= 0.6 is 0 Å². The monoisotopic (exact) mass is 390 g/mol. The Kier molecular flexibility index (Phi) is 4.29. The van der Waals surface area contributed by atoms with Crippen LogP contribution < -0.4 is 5.73 Å². The molecular formula is C22H26N6O. The molecule has 7 nitrogen and oxygen atoms in total. The normalized spacial score (nSPS) is 20.7. The molecule has 150 valence electrons. The molecule has 0 spiro atoms. The lowest BCUT2D eigenvalue weighted by molar-refractivity contribution is -0.0704. The zero-order valence-corrected chi connectivity index (χ0v) is 17.0. The fourth-order valence-corrected chi connectivity index (χ4v) is 4.43. The third-order valence-corrected chi connectivity index (χ3v) is 5.47. The number of rotatable bonds is 3. The summed E-state index contributed by atoms with van der Waals surface area (Å²) < 4.78 is 5.85. The number of imidazole rings is 1. The number of morpholine rings is 1. The lowest BCUT2D eigenvalue weighted by Crippen LogP contribution is -2.44. The van der Waals surface area contributed by atoms with Crippen molar-refractivity contribution in [3.63, 3.8) is 0 Å². The Bertz CT molecular complexity index is 1180. The average molecular weight is 390 g/mol. The molecule has 2 atom stereocenters. The van der Waals surface area contributed by atoms with Gasteiger partial charge in [-0.3, -0.25) is 4.90 Å². The van der Waals surface area contributed by atoms with E-state index in [1.165, 1.54) is 10.9 Å². The van der Waals surface area contributed by atoms with Crippen molar-refractivity contribution >= 4 is 27.9 Å². The summed E-state index contributed by atoms with van der Waals surface area (Å²) in [5.41, 5.74) is 11.9. The van der Waals surface area contributed by atoms with Gasteiger partial charge in [0.05, 0.1) is 12.2 Å². The van der Waals surface area contributed by atoms with Crippen molar-refractivity contribution in [2.75, 3.05) is 18.8 Å². The van der Waals surface area contributed by atoms with Gasteiger partial charge in [-0.15, -0.1) is 0 Å². The van der Waals surface area contributed by atoms with Crippen molar-refractivity contribution in [3.05, 3.63) is 41.7 Å². The molecule has 0 aliphatic carbocycles. The van der Waals surface area contributed by atoms with E-state index in [0.29, 0.717) is 11.5 Å². The molecule has 0 radical (unpaired) electrons. The maximum absolute atomic E-state index is 6.03. The molecule has 0 amide bonds. The number of aryl methyl sites for hydroxylation is 1. The van der Waals surface area contributed by atoms with Crippen LogP contribution in [-0.2, 0) is 11.3 Å². The van der Waals surface area contributed by atoms with Gasteiger partial charge in [0.25, 0.3) is 0 Å². The highest BCUT2D eigenvalue weighted by atomic mass is 16.5. The van der Waals surface area contributed by atoms with Crippen LogP contribution in [0.5, 0.6) is 0 Å². The number of nitrogens with two attached hydrogens (primary N) is 1. The number of H-pyrrole nitrogens is 2. The molecule has 7 heteroatoms. The van der Waals surface area contributed by atoms with Gasteiger partial charge in [0.2, 0.25) is 0 Å². The maximum Gasteiger partial charge on any atom is 0.160 e. The number of ether oxygens (including phenoxy) is 1.